The highest BCUT2D eigenvalue weighted by Gasteiger charge is 2.23. The zero-order chi connectivity index (χ0) is 14.5. The summed E-state index contributed by atoms with van der Waals surface area (Å²) in [6, 6.07) is 13.8. The van der Waals surface area contributed by atoms with Crippen molar-refractivity contribution < 1.29 is 0 Å². The van der Waals surface area contributed by atoms with E-state index in [1.54, 1.807) is 0 Å². The van der Waals surface area contributed by atoms with Gasteiger partial charge < -0.3 is 5.32 Å². The smallest absolute Gasteiger partial charge is 0.0476 e. The third-order valence-electron chi connectivity index (χ3n) is 4.26. The Hall–Kier alpha value is -1.42. The Bertz CT molecular complexity index is 556. The van der Waals surface area contributed by atoms with Gasteiger partial charge in [0, 0.05) is 44.6 Å². The van der Waals surface area contributed by atoms with Crippen LogP contribution in [0.25, 0.3) is 0 Å². The van der Waals surface area contributed by atoms with Crippen molar-refractivity contribution in [3.8, 4) is 0 Å². The quantitative estimate of drug-likeness (QED) is 0.938. The molecule has 0 spiro atoms. The van der Waals surface area contributed by atoms with Gasteiger partial charge in [0.1, 0.15) is 0 Å². The SMILES string of the molecule is CCc1ccc(C2CNCCN2Cc2ccncc2)cc1.Cl. The van der Waals surface area contributed by atoms with Crippen LogP contribution < -0.4 is 5.32 Å². The van der Waals surface area contributed by atoms with Crippen LogP contribution in [0.15, 0.2) is 48.8 Å². The molecule has 1 N–H and O–H groups in total. The number of pyridine rings is 1. The summed E-state index contributed by atoms with van der Waals surface area (Å²) >= 11 is 0. The van der Waals surface area contributed by atoms with E-state index in [0.717, 1.165) is 32.6 Å². The van der Waals surface area contributed by atoms with Crippen LogP contribution in [0.1, 0.15) is 29.7 Å². The lowest BCUT2D eigenvalue weighted by Gasteiger charge is -2.36. The third kappa shape index (κ3) is 4.07. The van der Waals surface area contributed by atoms with Gasteiger partial charge in [0.05, 0.1) is 0 Å². The molecular formula is C18H24ClN3. The highest BCUT2D eigenvalue weighted by atomic mass is 35.5. The summed E-state index contributed by atoms with van der Waals surface area (Å²) in [6.07, 6.45) is 4.86. The molecule has 3 rings (SSSR count). The van der Waals surface area contributed by atoms with Crippen LogP contribution in [-0.2, 0) is 13.0 Å². The zero-order valence-electron chi connectivity index (χ0n) is 13.0. The van der Waals surface area contributed by atoms with Crippen LogP contribution in [-0.4, -0.2) is 29.5 Å². The lowest BCUT2D eigenvalue weighted by atomic mass is 10.0. The minimum Gasteiger partial charge on any atom is -0.314 e. The van der Waals surface area contributed by atoms with Gasteiger partial charge in [-0.2, -0.15) is 0 Å². The molecular weight excluding hydrogens is 294 g/mol. The molecule has 1 atom stereocenters. The van der Waals surface area contributed by atoms with E-state index in [0.29, 0.717) is 6.04 Å². The van der Waals surface area contributed by atoms with Crippen molar-refractivity contribution >= 4 is 12.4 Å². The average molecular weight is 318 g/mol. The highest BCUT2D eigenvalue weighted by Crippen LogP contribution is 2.24. The molecule has 1 fully saturated rings. The van der Waals surface area contributed by atoms with Crippen molar-refractivity contribution in [1.29, 1.82) is 0 Å². The fraction of sp³-hybridized carbons (Fsp3) is 0.389. The number of aromatic nitrogens is 1. The first-order valence-electron chi connectivity index (χ1n) is 7.79. The number of piperazine rings is 1. The third-order valence-corrected chi connectivity index (χ3v) is 4.26. The van der Waals surface area contributed by atoms with Gasteiger partial charge in [-0.25, -0.2) is 0 Å². The topological polar surface area (TPSA) is 28.2 Å². The molecule has 0 saturated carbocycles. The van der Waals surface area contributed by atoms with E-state index >= 15 is 0 Å². The van der Waals surface area contributed by atoms with Crippen LogP contribution in [0.5, 0.6) is 0 Å². The Morgan fingerprint density at radius 1 is 1.09 bits per heavy atom. The molecule has 4 heteroatoms. The van der Waals surface area contributed by atoms with E-state index in [-0.39, 0.29) is 12.4 Å². The molecule has 0 amide bonds. The second-order valence-corrected chi connectivity index (χ2v) is 5.64. The monoisotopic (exact) mass is 317 g/mol. The molecule has 2 aromatic rings. The number of halogens is 1. The van der Waals surface area contributed by atoms with E-state index < -0.39 is 0 Å². The van der Waals surface area contributed by atoms with Crippen LogP contribution in [0.3, 0.4) is 0 Å². The summed E-state index contributed by atoms with van der Waals surface area (Å²) in [6.45, 7) is 6.37. The Kier molecular flexibility index (Phi) is 6.37. The van der Waals surface area contributed by atoms with Crippen molar-refractivity contribution in [2.75, 3.05) is 19.6 Å². The van der Waals surface area contributed by atoms with Gasteiger partial charge >= 0.3 is 0 Å². The van der Waals surface area contributed by atoms with E-state index in [1.165, 1.54) is 16.7 Å². The number of benzene rings is 1. The Morgan fingerprint density at radius 2 is 1.82 bits per heavy atom. The Balaban J connectivity index is 0.00000176. The summed E-state index contributed by atoms with van der Waals surface area (Å²) in [7, 11) is 0. The number of hydrogen-bond donors (Lipinski definition) is 1. The van der Waals surface area contributed by atoms with Crippen LogP contribution in [0.2, 0.25) is 0 Å². The van der Waals surface area contributed by atoms with Gasteiger partial charge in [-0.1, -0.05) is 31.2 Å². The van der Waals surface area contributed by atoms with E-state index in [9.17, 15) is 0 Å². The van der Waals surface area contributed by atoms with Gasteiger partial charge in [-0.3, -0.25) is 9.88 Å². The molecule has 0 aliphatic carbocycles. The number of hydrogen-bond acceptors (Lipinski definition) is 3. The van der Waals surface area contributed by atoms with Crippen molar-refractivity contribution in [3.63, 3.8) is 0 Å². The van der Waals surface area contributed by atoms with Crippen molar-refractivity contribution in [2.45, 2.75) is 25.9 Å². The standard InChI is InChI=1S/C18H23N3.ClH/c1-2-15-3-5-17(6-4-15)18-13-20-11-12-21(18)14-16-7-9-19-10-8-16;/h3-10,18,20H,2,11-14H2,1H3;1H. The average Bonchev–Trinajstić information content (AvgIpc) is 2.56. The molecule has 118 valence electrons. The van der Waals surface area contributed by atoms with Gasteiger partial charge in [0.15, 0.2) is 0 Å². The zero-order valence-corrected chi connectivity index (χ0v) is 13.9. The summed E-state index contributed by atoms with van der Waals surface area (Å²) < 4.78 is 0. The fourth-order valence-electron chi connectivity index (χ4n) is 2.96. The predicted octanol–water partition coefficient (Wildman–Crippen LogP) is 3.21. The van der Waals surface area contributed by atoms with Crippen LogP contribution in [0, 0.1) is 0 Å². The van der Waals surface area contributed by atoms with E-state index in [1.807, 2.05) is 12.4 Å². The van der Waals surface area contributed by atoms with Crippen LogP contribution >= 0.6 is 12.4 Å². The minimum atomic E-state index is 0. The number of aryl methyl sites for hydroxylation is 1. The summed E-state index contributed by atoms with van der Waals surface area (Å²) in [5.74, 6) is 0. The second kappa shape index (κ2) is 8.28. The van der Waals surface area contributed by atoms with Gasteiger partial charge in [-0.05, 0) is 35.2 Å². The number of nitrogens with one attached hydrogen (secondary N) is 1. The summed E-state index contributed by atoms with van der Waals surface area (Å²) in [5, 5.41) is 3.52. The maximum Gasteiger partial charge on any atom is 0.0476 e. The molecule has 0 radical (unpaired) electrons. The highest BCUT2D eigenvalue weighted by molar-refractivity contribution is 5.85. The number of rotatable bonds is 4. The van der Waals surface area contributed by atoms with E-state index in [2.05, 4.69) is 58.5 Å². The molecule has 1 aliphatic heterocycles. The van der Waals surface area contributed by atoms with Gasteiger partial charge in [-0.15, -0.1) is 12.4 Å². The normalized spacial score (nSPS) is 18.7. The first-order chi connectivity index (χ1) is 10.4. The first-order valence-corrected chi connectivity index (χ1v) is 7.79. The molecule has 22 heavy (non-hydrogen) atoms. The van der Waals surface area contributed by atoms with Gasteiger partial charge in [0.25, 0.3) is 0 Å². The molecule has 3 nitrogen and oxygen atoms in total. The lowest BCUT2D eigenvalue weighted by Crippen LogP contribution is -2.45. The molecule has 1 aromatic carbocycles. The molecule has 1 unspecified atom stereocenters. The minimum absolute atomic E-state index is 0. The predicted molar refractivity (Wildman–Crippen MR) is 93.3 cm³/mol. The van der Waals surface area contributed by atoms with Crippen molar-refractivity contribution in [3.05, 3.63) is 65.5 Å². The lowest BCUT2D eigenvalue weighted by molar-refractivity contribution is 0.153. The van der Waals surface area contributed by atoms with Crippen molar-refractivity contribution in [1.82, 2.24) is 15.2 Å². The number of nitrogens with zero attached hydrogens (tertiary/aromatic N) is 2. The molecule has 2 heterocycles. The molecule has 1 saturated heterocycles. The molecule has 1 aromatic heterocycles. The van der Waals surface area contributed by atoms with Crippen LogP contribution in [0.4, 0.5) is 0 Å². The first kappa shape index (κ1) is 16.9. The fourth-order valence-corrected chi connectivity index (χ4v) is 2.96. The Morgan fingerprint density at radius 3 is 2.50 bits per heavy atom. The van der Waals surface area contributed by atoms with Crippen molar-refractivity contribution in [2.24, 2.45) is 0 Å². The molecule has 0 bridgehead atoms. The largest absolute Gasteiger partial charge is 0.314 e. The summed E-state index contributed by atoms with van der Waals surface area (Å²) in [4.78, 5) is 6.67. The summed E-state index contributed by atoms with van der Waals surface area (Å²) in [5.41, 5.74) is 4.15. The van der Waals surface area contributed by atoms with Gasteiger partial charge in [0.2, 0.25) is 0 Å². The molecule has 1 aliphatic rings. The Labute approximate surface area is 139 Å². The maximum absolute atomic E-state index is 4.10. The van der Waals surface area contributed by atoms with E-state index in [4.69, 9.17) is 0 Å². The second-order valence-electron chi connectivity index (χ2n) is 5.64. The maximum atomic E-state index is 4.10.